The van der Waals surface area contributed by atoms with Gasteiger partial charge in [0.15, 0.2) is 11.0 Å². The minimum Gasteiger partial charge on any atom is -0.326 e. The van der Waals surface area contributed by atoms with Gasteiger partial charge in [-0.15, -0.1) is 5.10 Å². The lowest BCUT2D eigenvalue weighted by Gasteiger charge is -2.05. The van der Waals surface area contributed by atoms with Gasteiger partial charge in [-0.2, -0.15) is 0 Å². The molecule has 2 aromatic heterocycles. The molecule has 0 spiro atoms. The van der Waals surface area contributed by atoms with Gasteiger partial charge in [-0.05, 0) is 29.7 Å². The lowest BCUT2D eigenvalue weighted by molar-refractivity contribution is 0.592. The smallest absolute Gasteiger partial charge is 0.168 e. The zero-order valence-corrected chi connectivity index (χ0v) is 11.2. The van der Waals surface area contributed by atoms with E-state index < -0.39 is 0 Å². The summed E-state index contributed by atoms with van der Waals surface area (Å²) in [5.74, 6) is 1.73. The normalized spacial score (nSPS) is 15.2. The number of imidazole rings is 1. The van der Waals surface area contributed by atoms with E-state index in [1.54, 1.807) is 11.8 Å². The van der Waals surface area contributed by atoms with E-state index in [-0.39, 0.29) is 0 Å². The number of thioether (sulfide) groups is 1. The minimum atomic E-state index is 0.533. The molecule has 1 saturated carbocycles. The molecule has 0 aromatic carbocycles. The van der Waals surface area contributed by atoms with E-state index >= 15 is 0 Å². The Kier molecular flexibility index (Phi) is 3.31. The molecule has 0 bridgehead atoms. The summed E-state index contributed by atoms with van der Waals surface area (Å²) in [7, 11) is 0. The van der Waals surface area contributed by atoms with Crippen LogP contribution in [0.5, 0.6) is 0 Å². The van der Waals surface area contributed by atoms with Crippen LogP contribution in [-0.4, -0.2) is 29.8 Å². The quantitative estimate of drug-likeness (QED) is 0.746. The summed E-state index contributed by atoms with van der Waals surface area (Å²) in [6.45, 7) is 3.18. The van der Waals surface area contributed by atoms with Crippen LogP contribution in [0.25, 0.3) is 0 Å². The molecule has 0 saturated heterocycles. The van der Waals surface area contributed by atoms with E-state index in [9.17, 15) is 0 Å². The molecule has 2 aromatic rings. The highest BCUT2D eigenvalue weighted by Crippen LogP contribution is 2.35. The summed E-state index contributed by atoms with van der Waals surface area (Å²) >= 11 is 1.70. The number of hydrogen-bond donors (Lipinski definition) is 0. The van der Waals surface area contributed by atoms with Crippen LogP contribution in [-0.2, 0) is 12.3 Å². The third-order valence-corrected chi connectivity index (χ3v) is 3.93. The first kappa shape index (κ1) is 11.7. The van der Waals surface area contributed by atoms with Crippen molar-refractivity contribution >= 4 is 11.8 Å². The van der Waals surface area contributed by atoms with Gasteiger partial charge in [-0.1, -0.05) is 18.7 Å². The Morgan fingerprint density at radius 3 is 3.11 bits per heavy atom. The van der Waals surface area contributed by atoms with Gasteiger partial charge >= 0.3 is 0 Å². The molecule has 1 aliphatic rings. The van der Waals surface area contributed by atoms with Crippen LogP contribution in [0.3, 0.4) is 0 Å². The van der Waals surface area contributed by atoms with Crippen LogP contribution in [0.15, 0.2) is 17.6 Å². The SMILES string of the molecule is CCCn1ccnc1SCc1nnnn1C1CC1. The number of hydrogen-bond acceptors (Lipinski definition) is 5. The van der Waals surface area contributed by atoms with Crippen molar-refractivity contribution in [3.05, 3.63) is 18.2 Å². The molecule has 96 valence electrons. The van der Waals surface area contributed by atoms with E-state index in [0.717, 1.165) is 29.7 Å². The molecule has 7 heteroatoms. The Morgan fingerprint density at radius 1 is 1.44 bits per heavy atom. The third-order valence-electron chi connectivity index (χ3n) is 2.93. The van der Waals surface area contributed by atoms with Gasteiger partial charge in [0.2, 0.25) is 0 Å². The van der Waals surface area contributed by atoms with Gasteiger partial charge in [-0.25, -0.2) is 9.67 Å². The molecule has 0 N–H and O–H groups in total. The van der Waals surface area contributed by atoms with Gasteiger partial charge in [0.1, 0.15) is 0 Å². The van der Waals surface area contributed by atoms with Gasteiger partial charge in [-0.3, -0.25) is 0 Å². The highest BCUT2D eigenvalue weighted by atomic mass is 32.2. The summed E-state index contributed by atoms with van der Waals surface area (Å²) in [5, 5.41) is 13.0. The van der Waals surface area contributed by atoms with Crippen LogP contribution in [0.4, 0.5) is 0 Å². The maximum absolute atomic E-state index is 4.37. The zero-order valence-electron chi connectivity index (χ0n) is 10.4. The molecule has 18 heavy (non-hydrogen) atoms. The van der Waals surface area contributed by atoms with Crippen molar-refractivity contribution in [3.8, 4) is 0 Å². The van der Waals surface area contributed by atoms with E-state index in [1.807, 2.05) is 17.1 Å². The molecule has 0 unspecified atom stereocenters. The second-order valence-corrected chi connectivity index (χ2v) is 5.41. The molecular weight excluding hydrogens is 248 g/mol. The molecule has 0 atom stereocenters. The van der Waals surface area contributed by atoms with Crippen molar-refractivity contribution in [2.75, 3.05) is 0 Å². The number of aryl methyl sites for hydroxylation is 1. The molecule has 1 aliphatic carbocycles. The van der Waals surface area contributed by atoms with Crippen LogP contribution in [0.2, 0.25) is 0 Å². The van der Waals surface area contributed by atoms with Crippen LogP contribution >= 0.6 is 11.8 Å². The first-order valence-corrected chi connectivity index (χ1v) is 7.27. The van der Waals surface area contributed by atoms with Gasteiger partial charge in [0.25, 0.3) is 0 Å². The molecule has 0 radical (unpaired) electrons. The molecule has 6 nitrogen and oxygen atoms in total. The number of nitrogens with zero attached hydrogens (tertiary/aromatic N) is 6. The van der Waals surface area contributed by atoms with E-state index in [2.05, 4.69) is 32.0 Å². The maximum atomic E-state index is 4.37. The van der Waals surface area contributed by atoms with E-state index in [0.29, 0.717) is 6.04 Å². The van der Waals surface area contributed by atoms with Crippen molar-refractivity contribution in [1.82, 2.24) is 29.8 Å². The standard InChI is InChI=1S/C11H16N6S/c1-2-6-16-7-5-12-11(16)18-8-10-13-14-15-17(10)9-3-4-9/h5,7,9H,2-4,6,8H2,1H3. The summed E-state index contributed by atoms with van der Waals surface area (Å²) in [5.41, 5.74) is 0. The molecule has 0 aliphatic heterocycles. The predicted octanol–water partition coefficient (Wildman–Crippen LogP) is 1.91. The van der Waals surface area contributed by atoms with Crippen LogP contribution in [0.1, 0.15) is 38.1 Å². The van der Waals surface area contributed by atoms with Crippen molar-refractivity contribution in [1.29, 1.82) is 0 Å². The highest BCUT2D eigenvalue weighted by molar-refractivity contribution is 7.98. The Hall–Kier alpha value is -1.37. The Bertz CT molecular complexity index is 515. The first-order chi connectivity index (χ1) is 8.88. The Balaban J connectivity index is 1.66. The lowest BCUT2D eigenvalue weighted by atomic mass is 10.5. The zero-order chi connectivity index (χ0) is 12.4. The first-order valence-electron chi connectivity index (χ1n) is 6.29. The topological polar surface area (TPSA) is 61.4 Å². The minimum absolute atomic E-state index is 0.533. The second kappa shape index (κ2) is 5.09. The number of rotatable bonds is 6. The van der Waals surface area contributed by atoms with Gasteiger partial charge in [0, 0.05) is 18.9 Å². The fraction of sp³-hybridized carbons (Fsp3) is 0.636. The number of aromatic nitrogens is 6. The second-order valence-electron chi connectivity index (χ2n) is 4.46. The lowest BCUT2D eigenvalue weighted by Crippen LogP contribution is -2.03. The van der Waals surface area contributed by atoms with Crippen LogP contribution < -0.4 is 0 Å². The maximum Gasteiger partial charge on any atom is 0.168 e. The fourth-order valence-electron chi connectivity index (χ4n) is 1.89. The molecule has 3 rings (SSSR count). The largest absolute Gasteiger partial charge is 0.326 e. The Morgan fingerprint density at radius 2 is 2.33 bits per heavy atom. The van der Waals surface area contributed by atoms with Crippen molar-refractivity contribution in [2.24, 2.45) is 0 Å². The average molecular weight is 264 g/mol. The summed E-state index contributed by atoms with van der Waals surface area (Å²) in [4.78, 5) is 4.37. The fourth-order valence-corrected chi connectivity index (χ4v) is 2.79. The van der Waals surface area contributed by atoms with Crippen molar-refractivity contribution in [2.45, 2.75) is 49.7 Å². The van der Waals surface area contributed by atoms with Crippen molar-refractivity contribution < 1.29 is 0 Å². The molecular formula is C11H16N6S. The van der Waals surface area contributed by atoms with E-state index in [4.69, 9.17) is 0 Å². The molecule has 0 amide bonds. The Labute approximate surface area is 110 Å². The summed E-state index contributed by atoms with van der Waals surface area (Å²) in [6.07, 6.45) is 7.39. The third kappa shape index (κ3) is 2.40. The van der Waals surface area contributed by atoms with Crippen molar-refractivity contribution in [3.63, 3.8) is 0 Å². The monoisotopic (exact) mass is 264 g/mol. The summed E-state index contributed by atoms with van der Waals surface area (Å²) in [6, 6.07) is 0.533. The van der Waals surface area contributed by atoms with Crippen LogP contribution in [0, 0.1) is 0 Å². The predicted molar refractivity (Wildman–Crippen MR) is 68.2 cm³/mol. The average Bonchev–Trinajstić information content (AvgIpc) is 2.95. The van der Waals surface area contributed by atoms with Gasteiger partial charge in [0.05, 0.1) is 11.8 Å². The number of tetrazole rings is 1. The molecule has 1 fully saturated rings. The highest BCUT2D eigenvalue weighted by Gasteiger charge is 2.27. The van der Waals surface area contributed by atoms with Gasteiger partial charge < -0.3 is 4.57 Å². The van der Waals surface area contributed by atoms with E-state index in [1.165, 1.54) is 12.8 Å². The molecule has 2 heterocycles. The summed E-state index contributed by atoms with van der Waals surface area (Å²) < 4.78 is 4.13.